The molecule has 0 aliphatic carbocycles. The van der Waals surface area contributed by atoms with Crippen molar-refractivity contribution >= 4 is 51.7 Å². The smallest absolute Gasteiger partial charge is 0.255 e. The summed E-state index contributed by atoms with van der Waals surface area (Å²) in [5, 5.41) is 19.9. The van der Waals surface area contributed by atoms with Gasteiger partial charge in [0, 0.05) is 30.0 Å². The molecule has 0 radical (unpaired) electrons. The molecule has 0 fully saturated rings. The van der Waals surface area contributed by atoms with E-state index >= 15 is 0 Å². The van der Waals surface area contributed by atoms with Crippen LogP contribution in [0.1, 0.15) is 52.2 Å². The lowest BCUT2D eigenvalue weighted by Crippen LogP contribution is -2.15. The summed E-state index contributed by atoms with van der Waals surface area (Å²) in [6.07, 6.45) is 5.44. The Balaban J connectivity index is -0.000000923. The number of rotatable bonds is 9. The van der Waals surface area contributed by atoms with Gasteiger partial charge in [-0.15, -0.1) is 0 Å². The van der Waals surface area contributed by atoms with Crippen molar-refractivity contribution in [2.75, 3.05) is 20.8 Å². The van der Waals surface area contributed by atoms with Crippen molar-refractivity contribution in [3.63, 3.8) is 0 Å². The molecule has 1 unspecified atom stereocenters. The number of ether oxygens (including phenoxy) is 3. The quantitative estimate of drug-likeness (QED) is 0.115. The van der Waals surface area contributed by atoms with Crippen LogP contribution < -0.4 is 4.74 Å². The van der Waals surface area contributed by atoms with Gasteiger partial charge in [0.2, 0.25) is 6.29 Å². The molecule has 0 aromatic heterocycles. The summed E-state index contributed by atoms with van der Waals surface area (Å²) in [4.78, 5) is 4.02. The fraction of sp³-hybridized carbons (Fsp3) is 0.440. The van der Waals surface area contributed by atoms with Gasteiger partial charge in [-0.2, -0.15) is 0 Å². The highest BCUT2D eigenvalue weighted by Crippen LogP contribution is 2.35. The fourth-order valence-corrected chi connectivity index (χ4v) is 2.48. The highest BCUT2D eigenvalue weighted by molar-refractivity contribution is 7.82. The first-order valence-corrected chi connectivity index (χ1v) is 11.9. The Morgan fingerprint density at radius 3 is 2.24 bits per heavy atom. The van der Waals surface area contributed by atoms with Gasteiger partial charge in [-0.1, -0.05) is 52.0 Å². The van der Waals surface area contributed by atoms with Crippen molar-refractivity contribution in [1.29, 1.82) is 0 Å². The number of hydrogen-bond donors (Lipinski definition) is 2. The lowest BCUT2D eigenvalue weighted by atomic mass is 10.0. The van der Waals surface area contributed by atoms with E-state index in [4.69, 9.17) is 37.8 Å². The second-order valence-electron chi connectivity index (χ2n) is 5.63. The van der Waals surface area contributed by atoms with E-state index in [1.54, 1.807) is 30.6 Å². The number of methoxy groups -OCH3 is 2. The van der Waals surface area contributed by atoms with Crippen LogP contribution in [-0.4, -0.2) is 48.1 Å². The van der Waals surface area contributed by atoms with Crippen LogP contribution in [0.2, 0.25) is 5.02 Å². The van der Waals surface area contributed by atoms with Crippen molar-refractivity contribution in [3.8, 4) is 5.75 Å². The Labute approximate surface area is 220 Å². The monoisotopic (exact) mass is 535 g/mol. The maximum Gasteiger partial charge on any atom is 0.255 e. The number of nitrogens with zero attached hydrogens (tertiary/aromatic N) is 1. The molecule has 1 aromatic carbocycles. The molecule has 1 rings (SSSR count). The number of allylic oxidation sites excluding steroid dienone is 2. The molecule has 34 heavy (non-hydrogen) atoms. The molecule has 0 saturated carbocycles. The third kappa shape index (κ3) is 16.7. The van der Waals surface area contributed by atoms with Crippen LogP contribution in [0.5, 0.6) is 5.75 Å². The largest absolute Gasteiger partial charge is 0.496 e. The first kappa shape index (κ1) is 36.7. The van der Waals surface area contributed by atoms with E-state index in [2.05, 4.69) is 28.5 Å². The molecule has 2 N–H and O–H groups in total. The third-order valence-electron chi connectivity index (χ3n) is 3.41. The van der Waals surface area contributed by atoms with Gasteiger partial charge in [0.15, 0.2) is 0 Å². The van der Waals surface area contributed by atoms with Crippen LogP contribution in [0.15, 0.2) is 47.8 Å². The molecule has 0 amide bonds. The summed E-state index contributed by atoms with van der Waals surface area (Å²) in [6, 6.07) is 3.55. The van der Waals surface area contributed by atoms with E-state index in [0.29, 0.717) is 28.5 Å². The van der Waals surface area contributed by atoms with Gasteiger partial charge >= 0.3 is 0 Å². The average Bonchev–Trinajstić information content (AvgIpc) is 2.83. The maximum absolute atomic E-state index is 10.4. The number of hydrogen-bond acceptors (Lipinski definition) is 7. The van der Waals surface area contributed by atoms with E-state index in [1.807, 2.05) is 41.5 Å². The highest BCUT2D eigenvalue weighted by Gasteiger charge is 2.20. The topological polar surface area (TPSA) is 80.5 Å². The molecule has 9 heteroatoms. The molecular formula is C25H39Cl2NO5S. The van der Waals surface area contributed by atoms with Crippen molar-refractivity contribution in [2.45, 2.75) is 54.3 Å². The Morgan fingerprint density at radius 1 is 1.24 bits per heavy atom. The molecule has 0 bridgehead atoms. The number of aliphatic hydroxyl groups excluding tert-OH is 2. The molecule has 0 saturated heterocycles. The van der Waals surface area contributed by atoms with E-state index in [9.17, 15) is 5.11 Å². The Morgan fingerprint density at radius 2 is 1.79 bits per heavy atom. The zero-order valence-electron chi connectivity index (χ0n) is 21.4. The molecular weight excluding hydrogens is 497 g/mol. The minimum absolute atomic E-state index is 0.0602. The zero-order valence-corrected chi connectivity index (χ0v) is 23.7. The average molecular weight is 537 g/mol. The van der Waals surface area contributed by atoms with Crippen molar-refractivity contribution in [1.82, 2.24) is 0 Å². The van der Waals surface area contributed by atoms with E-state index < -0.39 is 6.29 Å². The van der Waals surface area contributed by atoms with Crippen LogP contribution >= 0.6 is 35.4 Å². The van der Waals surface area contributed by atoms with Crippen LogP contribution in [0.25, 0.3) is 5.57 Å². The first-order chi connectivity index (χ1) is 16.2. The molecule has 0 heterocycles. The number of benzene rings is 1. The Bertz CT molecular complexity index is 796. The summed E-state index contributed by atoms with van der Waals surface area (Å²) in [6.45, 7) is 15.4. The van der Waals surface area contributed by atoms with Crippen molar-refractivity contribution < 1.29 is 24.4 Å². The van der Waals surface area contributed by atoms with Crippen LogP contribution in [0.4, 0.5) is 0 Å². The second-order valence-corrected chi connectivity index (χ2v) is 6.98. The minimum atomic E-state index is -1.35. The fourth-order valence-electron chi connectivity index (χ4n) is 2.09. The van der Waals surface area contributed by atoms with E-state index in [0.717, 1.165) is 5.56 Å². The highest BCUT2D eigenvalue weighted by atomic mass is 35.5. The third-order valence-corrected chi connectivity index (χ3v) is 4.03. The predicted octanol–water partition coefficient (Wildman–Crippen LogP) is 7.08. The van der Waals surface area contributed by atoms with E-state index in [-0.39, 0.29) is 16.7 Å². The summed E-state index contributed by atoms with van der Waals surface area (Å²) < 4.78 is 15.1. The number of halogens is 2. The Kier molecular flexibility index (Phi) is 26.1. The number of thiocarbonyl (C=S) groups is 1. The van der Waals surface area contributed by atoms with Crippen molar-refractivity contribution in [3.05, 3.63) is 59.0 Å². The molecule has 6 nitrogen and oxygen atoms in total. The second kappa shape index (κ2) is 24.2. The predicted molar refractivity (Wildman–Crippen MR) is 150 cm³/mol. The van der Waals surface area contributed by atoms with Gasteiger partial charge in [-0.25, -0.2) is 0 Å². The lowest BCUT2D eigenvalue weighted by Gasteiger charge is -2.20. The first-order valence-electron chi connectivity index (χ1n) is 10.8. The SMILES string of the molecule is C=C(c1c(Cl)cc(C)cc1OC)C(O)O/C(=C\CO)CC=N/C=C\C.CC.CC.COC(=S)Cl. The van der Waals surface area contributed by atoms with Crippen LogP contribution in [0.3, 0.4) is 0 Å². The minimum Gasteiger partial charge on any atom is -0.496 e. The number of aliphatic hydroxyl groups is 2. The van der Waals surface area contributed by atoms with Gasteiger partial charge in [-0.3, -0.25) is 4.99 Å². The van der Waals surface area contributed by atoms with Gasteiger partial charge in [-0.05, 0) is 61.4 Å². The molecule has 1 atom stereocenters. The molecule has 0 spiro atoms. The lowest BCUT2D eigenvalue weighted by molar-refractivity contribution is -0.0196. The number of aliphatic imine (C=N–C) groups is 1. The van der Waals surface area contributed by atoms with Gasteiger partial charge in [0.1, 0.15) is 11.5 Å². The molecule has 0 aliphatic rings. The summed E-state index contributed by atoms with van der Waals surface area (Å²) in [7, 11) is 2.94. The normalized spacial score (nSPS) is 11.2. The van der Waals surface area contributed by atoms with Crippen LogP contribution in [0, 0.1) is 6.92 Å². The summed E-state index contributed by atoms with van der Waals surface area (Å²) in [5.41, 5.74) is 1.67. The Hall–Kier alpha value is -1.90. The number of aryl methyl sites for hydroxylation is 1. The maximum atomic E-state index is 10.4. The standard InChI is InChI=1S/C19H24ClNO4.C2H3ClOS.2C2H6/c1-5-8-21-9-6-15(7-10-22)25-19(23)14(3)18-16(20)11-13(2)12-17(18)24-4;1-4-2(3)5;2*1-2/h5,7-9,11-12,19,22-23H,3,6,10H2,1-2,4H3;1H3;2*1-2H3/b8-5-,15-7-,21-9?;;;. The van der Waals surface area contributed by atoms with E-state index in [1.165, 1.54) is 20.3 Å². The van der Waals surface area contributed by atoms with Crippen molar-refractivity contribution in [2.24, 2.45) is 4.99 Å². The molecule has 0 aliphatic heterocycles. The van der Waals surface area contributed by atoms with Gasteiger partial charge < -0.3 is 24.4 Å². The van der Waals surface area contributed by atoms with Crippen LogP contribution in [-0.2, 0) is 9.47 Å². The van der Waals surface area contributed by atoms with Gasteiger partial charge in [0.05, 0.1) is 25.8 Å². The molecule has 194 valence electrons. The zero-order chi connectivity index (χ0) is 27.1. The van der Waals surface area contributed by atoms with Gasteiger partial charge in [0.25, 0.3) is 4.51 Å². The molecule has 1 aromatic rings. The summed E-state index contributed by atoms with van der Waals surface area (Å²) >= 11 is 15.5. The summed E-state index contributed by atoms with van der Waals surface area (Å²) in [5.74, 6) is 0.867.